The standard InChI is InChI=1S/2C16H26F2NSi.2C5H5.Ti/c2*1-8-19(15-10-9-13(17)11-14(15)18)20(6,7)16(4,5)12(2)3;2*1-2-4-5-3-1;/h2*9-10,12H,8H2,1-7H3;2*1-3H,4H2;. The summed E-state index contributed by atoms with van der Waals surface area (Å²) in [6.07, 6.45) is 12.2. The topological polar surface area (TPSA) is 6.48 Å². The van der Waals surface area contributed by atoms with E-state index in [1.807, 2.05) is 50.3 Å². The number of nitrogens with zero attached hydrogens (tertiary/aromatic N) is 2. The number of hydrogen-bond acceptors (Lipinski definition) is 2. The fourth-order valence-electron chi connectivity index (χ4n) is 8.45. The van der Waals surface area contributed by atoms with Crippen LogP contribution < -0.4 is 16.9 Å². The molecule has 2 nitrogen and oxygen atoms in total. The minimum atomic E-state index is -5.04. The van der Waals surface area contributed by atoms with E-state index in [0.29, 0.717) is 49.1 Å². The maximum atomic E-state index is 18.0. The van der Waals surface area contributed by atoms with Gasteiger partial charge < -0.3 is 0 Å². The van der Waals surface area contributed by atoms with Crippen molar-refractivity contribution in [2.75, 3.05) is 22.2 Å². The first-order chi connectivity index (χ1) is 23.6. The number of benzene rings is 2. The molecule has 9 heteroatoms. The van der Waals surface area contributed by atoms with Gasteiger partial charge in [-0.3, -0.25) is 0 Å². The summed E-state index contributed by atoms with van der Waals surface area (Å²) < 4.78 is 75.7. The van der Waals surface area contributed by atoms with Crippen LogP contribution in [-0.2, 0) is 16.6 Å². The minimum absolute atomic E-state index is 0.125. The van der Waals surface area contributed by atoms with Crippen LogP contribution in [0, 0.1) is 35.1 Å². The van der Waals surface area contributed by atoms with Crippen LogP contribution in [0.15, 0.2) is 68.5 Å². The Morgan fingerprint density at radius 3 is 1.22 bits per heavy atom. The van der Waals surface area contributed by atoms with Gasteiger partial charge in [-0.15, -0.1) is 0 Å². The predicted molar refractivity (Wildman–Crippen MR) is 214 cm³/mol. The number of halogens is 4. The van der Waals surface area contributed by atoms with Gasteiger partial charge in [-0.2, -0.15) is 0 Å². The van der Waals surface area contributed by atoms with Crippen molar-refractivity contribution in [2.24, 2.45) is 11.8 Å². The van der Waals surface area contributed by atoms with Gasteiger partial charge in [0.2, 0.25) is 0 Å². The van der Waals surface area contributed by atoms with Crippen molar-refractivity contribution in [2.45, 2.75) is 118 Å². The molecule has 280 valence electrons. The average Bonchev–Trinajstić information content (AvgIpc) is 3.78. The zero-order valence-corrected chi connectivity index (χ0v) is 37.2. The molecule has 0 saturated carbocycles. The Morgan fingerprint density at radius 2 is 0.961 bits per heavy atom. The van der Waals surface area contributed by atoms with E-state index < -0.39 is 56.3 Å². The Bertz CT molecular complexity index is 1630. The second-order valence-electron chi connectivity index (χ2n) is 17.3. The molecule has 0 heterocycles. The summed E-state index contributed by atoms with van der Waals surface area (Å²) in [7, 11) is -4.90. The van der Waals surface area contributed by atoms with Crippen LogP contribution in [0.2, 0.25) is 36.3 Å². The zero-order chi connectivity index (χ0) is 38.5. The monoisotopic (exact) mass is 774 g/mol. The number of anilines is 2. The normalized spacial score (nSPS) is 15.7. The summed E-state index contributed by atoms with van der Waals surface area (Å²) in [5.74, 6) is -2.18. The van der Waals surface area contributed by atoms with Crippen molar-refractivity contribution in [1.29, 1.82) is 0 Å². The molecule has 0 aliphatic heterocycles. The maximum absolute atomic E-state index is 18.0. The van der Waals surface area contributed by atoms with Gasteiger partial charge in [0, 0.05) is 0 Å². The molecule has 4 rings (SSSR count). The van der Waals surface area contributed by atoms with Crippen LogP contribution in [0.3, 0.4) is 0 Å². The van der Waals surface area contributed by atoms with Gasteiger partial charge in [0.15, 0.2) is 0 Å². The van der Waals surface area contributed by atoms with Gasteiger partial charge in [0.25, 0.3) is 0 Å². The van der Waals surface area contributed by atoms with E-state index in [1.165, 1.54) is 12.1 Å². The molecule has 0 fully saturated rings. The van der Waals surface area contributed by atoms with E-state index in [0.717, 1.165) is 7.76 Å². The molecule has 0 aromatic heterocycles. The summed E-state index contributed by atoms with van der Waals surface area (Å²) in [5, 5.41) is -0.260. The van der Waals surface area contributed by atoms with Crippen LogP contribution in [0.25, 0.3) is 0 Å². The van der Waals surface area contributed by atoms with Crippen molar-refractivity contribution in [3.05, 3.63) is 91.7 Å². The molecule has 0 N–H and O–H groups in total. The fraction of sp³-hybridized carbons (Fsp3) is 0.524. The fourth-order valence-corrected chi connectivity index (χ4v) is 24.1. The van der Waals surface area contributed by atoms with Crippen molar-refractivity contribution in [1.82, 2.24) is 0 Å². The summed E-state index contributed by atoms with van der Waals surface area (Å²) in [6, 6.07) is 5.83. The Labute approximate surface area is 312 Å². The molecular formula is C42H62F4N2Si2Ti. The Balaban J connectivity index is 2.18. The molecule has 0 atom stereocenters. The molecule has 0 amide bonds. The molecule has 0 spiro atoms. The molecule has 2 aliphatic carbocycles. The van der Waals surface area contributed by atoms with E-state index in [9.17, 15) is 0 Å². The molecule has 0 unspecified atom stereocenters. The molecule has 0 saturated heterocycles. The van der Waals surface area contributed by atoms with Crippen LogP contribution in [-0.4, -0.2) is 29.6 Å². The van der Waals surface area contributed by atoms with Crippen LogP contribution in [0.4, 0.5) is 28.9 Å². The first kappa shape index (κ1) is 41.6. The Hall–Kier alpha value is -2.13. The summed E-state index contributed by atoms with van der Waals surface area (Å²) in [4.78, 5) is 0. The van der Waals surface area contributed by atoms with Gasteiger partial charge >= 0.3 is 314 Å². The first-order valence-electron chi connectivity index (χ1n) is 18.8. The third-order valence-corrected chi connectivity index (χ3v) is 33.2. The van der Waals surface area contributed by atoms with E-state index >= 15 is 17.6 Å². The number of rotatable bonds is 14. The van der Waals surface area contributed by atoms with Crippen molar-refractivity contribution in [3.63, 3.8) is 0 Å². The zero-order valence-electron chi connectivity index (χ0n) is 33.7. The molecule has 2 aromatic carbocycles. The Morgan fingerprint density at radius 1 is 0.627 bits per heavy atom. The van der Waals surface area contributed by atoms with Crippen molar-refractivity contribution in [3.8, 4) is 0 Å². The second-order valence-corrected chi connectivity index (χ2v) is 33.1. The van der Waals surface area contributed by atoms with E-state index in [-0.39, 0.29) is 17.8 Å². The summed E-state index contributed by atoms with van der Waals surface area (Å²) >= 11 is -5.04. The second kappa shape index (κ2) is 14.9. The number of allylic oxidation sites excluding steroid dienone is 8. The summed E-state index contributed by atoms with van der Waals surface area (Å²) in [5.41, 5.74) is 0.651. The quantitative estimate of drug-likeness (QED) is 0.139. The summed E-state index contributed by atoms with van der Waals surface area (Å²) in [6.45, 7) is 31.8. The molecule has 51 heavy (non-hydrogen) atoms. The third kappa shape index (κ3) is 6.56. The molecule has 0 bridgehead atoms. The molecular weight excluding hydrogens is 713 g/mol. The van der Waals surface area contributed by atoms with Gasteiger partial charge in [0.05, 0.1) is 0 Å². The molecule has 2 aliphatic rings. The Kier molecular flexibility index (Phi) is 12.2. The number of hydrogen-bond donors (Lipinski definition) is 0. The van der Waals surface area contributed by atoms with E-state index in [2.05, 4.69) is 90.7 Å². The SMILES string of the molecule is CCN(c1ccc(F)[c]([Ti]([C]2=CC=CC2)([C]2=CC=CC2)[c]2c(F)ccc(N(CC)[Si](C)(C)C(C)(C)C(C)C)c2F)c1F)[Si](C)(C)C(C)(C)C(C)C. The van der Waals surface area contributed by atoms with Gasteiger partial charge in [0.1, 0.15) is 0 Å². The first-order valence-corrected chi connectivity index (χ1v) is 27.9. The predicted octanol–water partition coefficient (Wildman–Crippen LogP) is 12.0. The molecule has 0 radical (unpaired) electrons. The van der Waals surface area contributed by atoms with Crippen molar-refractivity contribution >= 4 is 35.6 Å². The van der Waals surface area contributed by atoms with Gasteiger partial charge in [-0.25, -0.2) is 0 Å². The van der Waals surface area contributed by atoms with Crippen LogP contribution in [0.1, 0.15) is 82.1 Å². The van der Waals surface area contributed by atoms with E-state index in [4.69, 9.17) is 0 Å². The average molecular weight is 775 g/mol. The van der Waals surface area contributed by atoms with Gasteiger partial charge in [-0.05, 0) is 0 Å². The van der Waals surface area contributed by atoms with E-state index in [1.54, 1.807) is 12.1 Å². The third-order valence-electron chi connectivity index (χ3n) is 14.0. The molecule has 2 aromatic rings. The van der Waals surface area contributed by atoms with Gasteiger partial charge in [-0.1, -0.05) is 0 Å². The van der Waals surface area contributed by atoms with Crippen LogP contribution >= 0.6 is 0 Å². The van der Waals surface area contributed by atoms with Crippen LogP contribution in [0.5, 0.6) is 0 Å². The van der Waals surface area contributed by atoms with Crippen molar-refractivity contribution < 1.29 is 34.2 Å².